The van der Waals surface area contributed by atoms with Crippen molar-refractivity contribution in [3.63, 3.8) is 0 Å². The van der Waals surface area contributed by atoms with Gasteiger partial charge in [-0.2, -0.15) is 0 Å². The largest absolute Gasteiger partial charge is 0.465 e. The molecule has 2 rings (SSSR count). The fourth-order valence-electron chi connectivity index (χ4n) is 2.34. The van der Waals surface area contributed by atoms with E-state index in [1.807, 2.05) is 11.8 Å². The third kappa shape index (κ3) is 3.42. The van der Waals surface area contributed by atoms with E-state index in [1.54, 1.807) is 24.3 Å². The van der Waals surface area contributed by atoms with E-state index in [4.69, 9.17) is 0 Å². The zero-order valence-corrected chi connectivity index (χ0v) is 12.5. The van der Waals surface area contributed by atoms with Crippen LogP contribution < -0.4 is 0 Å². The molecule has 0 bridgehead atoms. The Morgan fingerprint density at radius 3 is 1.95 bits per heavy atom. The molecule has 5 heteroatoms. The number of carbonyl (C=O) groups excluding carboxylic acids is 2. The Balaban J connectivity index is 2.01. The van der Waals surface area contributed by atoms with Crippen molar-refractivity contribution in [1.82, 2.24) is 9.80 Å². The van der Waals surface area contributed by atoms with Crippen LogP contribution in [0, 0.1) is 0 Å². The molecule has 0 atom stereocenters. The molecule has 0 radical (unpaired) electrons. The molecule has 1 fully saturated rings. The Bertz CT molecular complexity index is 543. The van der Waals surface area contributed by atoms with Gasteiger partial charge in [-0.1, -0.05) is 6.58 Å². The van der Waals surface area contributed by atoms with Crippen LogP contribution in [-0.4, -0.2) is 55.0 Å². The highest BCUT2D eigenvalue weighted by atomic mass is 16.5. The number of benzene rings is 1. The SMILES string of the molecule is C=C(C)N1CCN(C(=O)c2ccc(C(=O)OC)cc2)CC1. The van der Waals surface area contributed by atoms with Crippen LogP contribution in [0.5, 0.6) is 0 Å². The molecule has 1 aromatic carbocycles. The van der Waals surface area contributed by atoms with E-state index in [9.17, 15) is 9.59 Å². The Kier molecular flexibility index (Phi) is 4.62. The van der Waals surface area contributed by atoms with E-state index < -0.39 is 5.97 Å². The van der Waals surface area contributed by atoms with Crippen molar-refractivity contribution in [2.45, 2.75) is 6.92 Å². The maximum absolute atomic E-state index is 12.4. The summed E-state index contributed by atoms with van der Waals surface area (Å²) in [5.41, 5.74) is 2.07. The Labute approximate surface area is 124 Å². The van der Waals surface area contributed by atoms with Crippen molar-refractivity contribution in [1.29, 1.82) is 0 Å². The van der Waals surface area contributed by atoms with Gasteiger partial charge in [-0.3, -0.25) is 4.79 Å². The molecule has 5 nitrogen and oxygen atoms in total. The standard InChI is InChI=1S/C16H20N2O3/c1-12(2)17-8-10-18(11-9-17)15(19)13-4-6-14(7-5-13)16(20)21-3/h4-7H,1,8-11H2,2-3H3. The zero-order valence-electron chi connectivity index (χ0n) is 12.5. The average molecular weight is 288 g/mol. The van der Waals surface area contributed by atoms with Crippen LogP contribution in [0.1, 0.15) is 27.6 Å². The number of carbonyl (C=O) groups is 2. The van der Waals surface area contributed by atoms with Gasteiger partial charge >= 0.3 is 5.97 Å². The second kappa shape index (κ2) is 6.43. The molecule has 0 saturated carbocycles. The summed E-state index contributed by atoms with van der Waals surface area (Å²) in [4.78, 5) is 27.8. The molecular weight excluding hydrogens is 268 g/mol. The monoisotopic (exact) mass is 288 g/mol. The maximum Gasteiger partial charge on any atom is 0.337 e. The molecule has 1 heterocycles. The molecule has 112 valence electrons. The van der Waals surface area contributed by atoms with Crippen molar-refractivity contribution in [3.8, 4) is 0 Å². The van der Waals surface area contributed by atoms with E-state index in [2.05, 4.69) is 16.2 Å². The fraction of sp³-hybridized carbons (Fsp3) is 0.375. The van der Waals surface area contributed by atoms with Crippen LogP contribution in [0.2, 0.25) is 0 Å². The van der Waals surface area contributed by atoms with Gasteiger partial charge in [-0.15, -0.1) is 0 Å². The highest BCUT2D eigenvalue weighted by molar-refractivity contribution is 5.96. The lowest BCUT2D eigenvalue weighted by Gasteiger charge is -2.36. The van der Waals surface area contributed by atoms with Gasteiger partial charge in [0.2, 0.25) is 0 Å². The zero-order chi connectivity index (χ0) is 15.4. The Hall–Kier alpha value is -2.30. The number of nitrogens with zero attached hydrogens (tertiary/aromatic N) is 2. The number of methoxy groups -OCH3 is 1. The van der Waals surface area contributed by atoms with Crippen LogP contribution in [0.25, 0.3) is 0 Å². The number of esters is 1. The van der Waals surface area contributed by atoms with E-state index >= 15 is 0 Å². The number of amides is 1. The fourth-order valence-corrected chi connectivity index (χ4v) is 2.34. The molecular formula is C16H20N2O3. The van der Waals surface area contributed by atoms with Crippen LogP contribution in [0.4, 0.5) is 0 Å². The van der Waals surface area contributed by atoms with Gasteiger partial charge in [-0.05, 0) is 31.2 Å². The number of allylic oxidation sites excluding steroid dienone is 1. The summed E-state index contributed by atoms with van der Waals surface area (Å²) < 4.78 is 4.64. The lowest BCUT2D eigenvalue weighted by Crippen LogP contribution is -2.47. The highest BCUT2D eigenvalue weighted by Gasteiger charge is 2.21. The predicted molar refractivity (Wildman–Crippen MR) is 80.1 cm³/mol. The number of hydrogen-bond donors (Lipinski definition) is 0. The minimum Gasteiger partial charge on any atom is -0.465 e. The van der Waals surface area contributed by atoms with Crippen molar-refractivity contribution < 1.29 is 14.3 Å². The van der Waals surface area contributed by atoms with Crippen molar-refractivity contribution in [2.75, 3.05) is 33.3 Å². The number of ether oxygens (including phenoxy) is 1. The predicted octanol–water partition coefficient (Wildman–Crippen LogP) is 1.76. The van der Waals surface area contributed by atoms with Gasteiger partial charge in [0.15, 0.2) is 0 Å². The first-order valence-electron chi connectivity index (χ1n) is 6.91. The van der Waals surface area contributed by atoms with Gasteiger partial charge in [0.05, 0.1) is 12.7 Å². The van der Waals surface area contributed by atoms with Gasteiger partial charge in [0, 0.05) is 37.4 Å². The van der Waals surface area contributed by atoms with Gasteiger partial charge in [-0.25, -0.2) is 4.79 Å². The van der Waals surface area contributed by atoms with E-state index in [0.717, 1.165) is 18.8 Å². The normalized spacial score (nSPS) is 14.8. The summed E-state index contributed by atoms with van der Waals surface area (Å²) in [6.07, 6.45) is 0. The Morgan fingerprint density at radius 2 is 1.48 bits per heavy atom. The first-order chi connectivity index (χ1) is 10.0. The van der Waals surface area contributed by atoms with E-state index in [1.165, 1.54) is 7.11 Å². The molecule has 1 saturated heterocycles. The number of rotatable bonds is 3. The molecule has 0 aliphatic carbocycles. The second-order valence-electron chi connectivity index (χ2n) is 5.08. The molecule has 1 amide bonds. The molecule has 1 aliphatic rings. The minimum absolute atomic E-state index is 0.00668. The molecule has 0 aromatic heterocycles. The molecule has 1 aliphatic heterocycles. The van der Waals surface area contributed by atoms with E-state index in [-0.39, 0.29) is 5.91 Å². The maximum atomic E-state index is 12.4. The van der Waals surface area contributed by atoms with Crippen LogP contribution in [-0.2, 0) is 4.74 Å². The lowest BCUT2D eigenvalue weighted by atomic mass is 10.1. The minimum atomic E-state index is -0.399. The third-order valence-corrected chi connectivity index (χ3v) is 3.66. The average Bonchev–Trinajstić information content (AvgIpc) is 2.53. The molecule has 0 spiro atoms. The van der Waals surface area contributed by atoms with Gasteiger partial charge in [0.1, 0.15) is 0 Å². The van der Waals surface area contributed by atoms with Crippen LogP contribution in [0.3, 0.4) is 0 Å². The molecule has 21 heavy (non-hydrogen) atoms. The summed E-state index contributed by atoms with van der Waals surface area (Å²) in [6.45, 7) is 8.88. The van der Waals surface area contributed by atoms with E-state index in [0.29, 0.717) is 24.2 Å². The first kappa shape index (κ1) is 15.1. The van der Waals surface area contributed by atoms with Crippen molar-refractivity contribution >= 4 is 11.9 Å². The van der Waals surface area contributed by atoms with Crippen molar-refractivity contribution in [2.24, 2.45) is 0 Å². The van der Waals surface area contributed by atoms with Gasteiger partial charge in [0.25, 0.3) is 5.91 Å². The summed E-state index contributed by atoms with van der Waals surface area (Å²) in [7, 11) is 1.34. The quantitative estimate of drug-likeness (QED) is 0.795. The molecule has 0 N–H and O–H groups in total. The lowest BCUT2D eigenvalue weighted by molar-refractivity contribution is 0.0598. The topological polar surface area (TPSA) is 49.9 Å². The molecule has 0 unspecified atom stereocenters. The second-order valence-corrected chi connectivity index (χ2v) is 5.08. The van der Waals surface area contributed by atoms with Crippen LogP contribution >= 0.6 is 0 Å². The third-order valence-electron chi connectivity index (χ3n) is 3.66. The number of piperazine rings is 1. The molecule has 1 aromatic rings. The van der Waals surface area contributed by atoms with Crippen molar-refractivity contribution in [3.05, 3.63) is 47.7 Å². The smallest absolute Gasteiger partial charge is 0.337 e. The summed E-state index contributed by atoms with van der Waals surface area (Å²) in [6, 6.07) is 6.56. The summed E-state index contributed by atoms with van der Waals surface area (Å²) >= 11 is 0. The first-order valence-corrected chi connectivity index (χ1v) is 6.91. The van der Waals surface area contributed by atoms with Crippen LogP contribution in [0.15, 0.2) is 36.5 Å². The highest BCUT2D eigenvalue weighted by Crippen LogP contribution is 2.12. The van der Waals surface area contributed by atoms with Gasteiger partial charge < -0.3 is 14.5 Å². The Morgan fingerprint density at radius 1 is 1.00 bits per heavy atom. The summed E-state index contributed by atoms with van der Waals surface area (Å²) in [5.74, 6) is -0.406. The summed E-state index contributed by atoms with van der Waals surface area (Å²) in [5, 5.41) is 0. The number of hydrogen-bond acceptors (Lipinski definition) is 4.